The molecule has 0 saturated carbocycles. The largest absolute Gasteiger partial charge is 0.453 e. The summed E-state index contributed by atoms with van der Waals surface area (Å²) < 4.78 is 22.9. The Morgan fingerprint density at radius 2 is 0.762 bits per heavy atom. The molecular weight excluding hydrogens is 777 g/mol. The van der Waals surface area contributed by atoms with Crippen LogP contribution in [-0.4, -0.2) is 14.5 Å². The molecule has 2 aromatic heterocycles. The summed E-state index contributed by atoms with van der Waals surface area (Å²) in [5, 5.41) is 3.21. The summed E-state index contributed by atoms with van der Waals surface area (Å²) in [6.07, 6.45) is 0. The number of fused-ring (bicyclic) bond motifs is 4. The minimum Gasteiger partial charge on any atom is -0.453 e. The van der Waals surface area contributed by atoms with Crippen LogP contribution < -0.4 is 19.1 Å². The molecule has 7 heteroatoms. The van der Waals surface area contributed by atoms with E-state index in [0.717, 1.165) is 117 Å². The normalized spacial score (nSPS) is 12.8. The Balaban J connectivity index is 0.958. The fraction of sp³-hybridized carbons (Fsp3) is 0. The fourth-order valence-corrected chi connectivity index (χ4v) is 9.68. The lowest BCUT2D eigenvalue weighted by Gasteiger charge is -2.42. The van der Waals surface area contributed by atoms with Gasteiger partial charge in [0.15, 0.2) is 34.5 Å². The number of aromatic nitrogens is 3. The van der Waals surface area contributed by atoms with Crippen LogP contribution in [0.25, 0.3) is 83.3 Å². The van der Waals surface area contributed by atoms with Gasteiger partial charge in [0.05, 0.1) is 22.2 Å². The number of para-hydroxylation sites is 2. The topological polar surface area (TPSA) is 61.6 Å². The van der Waals surface area contributed by atoms with Crippen LogP contribution in [0.1, 0.15) is 0 Å². The molecule has 0 amide bonds. The maximum Gasteiger partial charge on any atom is 0.235 e. The molecule has 0 bridgehead atoms. The number of hydrogen-bond acceptors (Lipinski definition) is 6. The fourth-order valence-electron chi connectivity index (χ4n) is 9.68. The van der Waals surface area contributed by atoms with E-state index in [1.807, 2.05) is 30.3 Å². The molecule has 14 rings (SSSR count). The molecule has 9 aromatic carbocycles. The molecule has 294 valence electrons. The van der Waals surface area contributed by atoms with Crippen LogP contribution in [0.15, 0.2) is 194 Å². The quantitative estimate of drug-likeness (QED) is 0.173. The van der Waals surface area contributed by atoms with Crippen molar-refractivity contribution in [3.8, 4) is 85.1 Å². The van der Waals surface area contributed by atoms with Gasteiger partial charge in [-0.1, -0.05) is 133 Å². The molecule has 63 heavy (non-hydrogen) atoms. The Bertz CT molecular complexity index is 3600. The van der Waals surface area contributed by atoms with Crippen molar-refractivity contribution in [1.82, 2.24) is 14.5 Å². The minimum absolute atomic E-state index is 0.623. The summed E-state index contributed by atoms with van der Waals surface area (Å²) in [4.78, 5) is 12.7. The lowest BCUT2D eigenvalue weighted by molar-refractivity contribution is 0.418. The van der Waals surface area contributed by atoms with Crippen molar-refractivity contribution in [2.45, 2.75) is 0 Å². The second-order valence-electron chi connectivity index (χ2n) is 16.2. The molecule has 0 spiro atoms. The molecule has 11 aromatic rings. The third-order valence-corrected chi connectivity index (χ3v) is 12.5. The number of nitrogens with zero attached hydrogens (tertiary/aromatic N) is 4. The average molecular weight is 809 g/mol. The van der Waals surface area contributed by atoms with Gasteiger partial charge in [-0.2, -0.15) is 0 Å². The van der Waals surface area contributed by atoms with Gasteiger partial charge in [0.1, 0.15) is 17.1 Å². The van der Waals surface area contributed by atoms with Crippen LogP contribution in [0.4, 0.5) is 17.1 Å². The van der Waals surface area contributed by atoms with Gasteiger partial charge >= 0.3 is 0 Å². The number of anilines is 3. The van der Waals surface area contributed by atoms with Gasteiger partial charge in [0, 0.05) is 21.7 Å². The van der Waals surface area contributed by atoms with Crippen LogP contribution >= 0.6 is 0 Å². The van der Waals surface area contributed by atoms with E-state index >= 15 is 0 Å². The van der Waals surface area contributed by atoms with E-state index in [1.165, 1.54) is 0 Å². The summed E-state index contributed by atoms with van der Waals surface area (Å²) in [6, 6.07) is 67.1. The molecule has 3 aliphatic rings. The van der Waals surface area contributed by atoms with E-state index in [-0.39, 0.29) is 0 Å². The van der Waals surface area contributed by atoms with Gasteiger partial charge in [-0.05, 0) is 94.0 Å². The number of rotatable bonds is 5. The van der Waals surface area contributed by atoms with Gasteiger partial charge in [0.25, 0.3) is 0 Å². The lowest BCUT2D eigenvalue weighted by atomic mass is 9.96. The SMILES string of the molecule is c1ccc(-c2cc3c4c(c2)Oc2cc(-c5ccc6c(c5)c5ccccc5n6-c5nc(-c6ccccc6)c6ccccc6n5)cc5c2N4c2c(cc(-c4ccccc4)cc2O5)O3)cc1. The predicted octanol–water partition coefficient (Wildman–Crippen LogP) is 15.2. The second-order valence-corrected chi connectivity index (χ2v) is 16.2. The first kappa shape index (κ1) is 34.1. The monoisotopic (exact) mass is 808 g/mol. The minimum atomic E-state index is 0.623. The van der Waals surface area contributed by atoms with Crippen LogP contribution in [-0.2, 0) is 0 Å². The maximum atomic E-state index is 6.95. The van der Waals surface area contributed by atoms with Gasteiger partial charge in [0.2, 0.25) is 5.95 Å². The van der Waals surface area contributed by atoms with E-state index < -0.39 is 0 Å². The van der Waals surface area contributed by atoms with Crippen molar-refractivity contribution in [2.24, 2.45) is 0 Å². The van der Waals surface area contributed by atoms with E-state index in [9.17, 15) is 0 Å². The summed E-state index contributed by atoms with van der Waals surface area (Å²) in [6.45, 7) is 0. The van der Waals surface area contributed by atoms with E-state index in [4.69, 9.17) is 24.2 Å². The molecular formula is C56H32N4O3. The third-order valence-electron chi connectivity index (χ3n) is 12.5. The molecule has 0 aliphatic carbocycles. The van der Waals surface area contributed by atoms with Crippen LogP contribution in [0.5, 0.6) is 34.5 Å². The Kier molecular flexibility index (Phi) is 6.98. The van der Waals surface area contributed by atoms with E-state index in [1.54, 1.807) is 0 Å². The highest BCUT2D eigenvalue weighted by molar-refractivity contribution is 6.11. The average Bonchev–Trinajstić information content (AvgIpc) is 3.67. The van der Waals surface area contributed by atoms with Crippen LogP contribution in [0.2, 0.25) is 0 Å². The molecule has 3 aliphatic heterocycles. The highest BCUT2D eigenvalue weighted by atomic mass is 16.5. The van der Waals surface area contributed by atoms with Crippen LogP contribution in [0, 0.1) is 0 Å². The van der Waals surface area contributed by atoms with Crippen molar-refractivity contribution in [1.29, 1.82) is 0 Å². The Morgan fingerprint density at radius 1 is 0.317 bits per heavy atom. The summed E-state index contributed by atoms with van der Waals surface area (Å²) in [7, 11) is 0. The Morgan fingerprint density at radius 3 is 1.32 bits per heavy atom. The molecule has 0 atom stereocenters. The first-order chi connectivity index (χ1) is 31.2. The lowest BCUT2D eigenvalue weighted by Crippen LogP contribution is -2.24. The molecule has 5 heterocycles. The smallest absolute Gasteiger partial charge is 0.235 e. The molecule has 0 N–H and O–H groups in total. The molecule has 0 unspecified atom stereocenters. The van der Waals surface area contributed by atoms with Gasteiger partial charge in [-0.3, -0.25) is 9.47 Å². The van der Waals surface area contributed by atoms with Crippen molar-refractivity contribution in [3.05, 3.63) is 194 Å². The number of ether oxygens (including phenoxy) is 3. The van der Waals surface area contributed by atoms with Crippen molar-refractivity contribution < 1.29 is 14.2 Å². The summed E-state index contributed by atoms with van der Waals surface area (Å²) >= 11 is 0. The number of benzene rings is 9. The standard InChI is InChI=1S/C56H32N4O3/c1-4-14-33(15-5-1)37-27-46-53-48(29-37)62-50-31-39(32-51-55(50)60(53)54-47(61-46)28-38(30-49(54)63-51)34-16-6-2-7-17-34)36-24-25-45-42(26-36)40-20-11-13-23-44(40)59(45)56-57-43-22-12-10-21-41(43)52(58-56)35-18-8-3-9-19-35/h1-32H. The Labute approximate surface area is 361 Å². The third kappa shape index (κ3) is 5.08. The van der Waals surface area contributed by atoms with Gasteiger partial charge < -0.3 is 14.2 Å². The highest BCUT2D eigenvalue weighted by Crippen LogP contribution is 2.68. The Hall–Kier alpha value is -8.68. The molecule has 0 radical (unpaired) electrons. The van der Waals surface area contributed by atoms with Gasteiger partial charge in [-0.15, -0.1) is 0 Å². The van der Waals surface area contributed by atoms with Crippen molar-refractivity contribution in [2.75, 3.05) is 4.90 Å². The van der Waals surface area contributed by atoms with E-state index in [0.29, 0.717) is 17.4 Å². The highest BCUT2D eigenvalue weighted by Gasteiger charge is 2.42. The van der Waals surface area contributed by atoms with Crippen molar-refractivity contribution >= 4 is 49.8 Å². The zero-order chi connectivity index (χ0) is 41.2. The molecule has 7 nitrogen and oxygen atoms in total. The van der Waals surface area contributed by atoms with Crippen LogP contribution in [0.3, 0.4) is 0 Å². The first-order valence-electron chi connectivity index (χ1n) is 21.0. The summed E-state index contributed by atoms with van der Waals surface area (Å²) in [5.41, 5.74) is 13.6. The summed E-state index contributed by atoms with van der Waals surface area (Å²) in [5.74, 6) is 4.93. The zero-order valence-corrected chi connectivity index (χ0v) is 33.5. The van der Waals surface area contributed by atoms with Crippen molar-refractivity contribution in [3.63, 3.8) is 0 Å². The zero-order valence-electron chi connectivity index (χ0n) is 33.5. The predicted molar refractivity (Wildman–Crippen MR) is 251 cm³/mol. The second kappa shape index (κ2) is 12.9. The maximum absolute atomic E-state index is 6.95. The molecule has 0 fully saturated rings. The first-order valence-corrected chi connectivity index (χ1v) is 21.0. The van der Waals surface area contributed by atoms with Gasteiger partial charge in [-0.25, -0.2) is 9.97 Å². The number of hydrogen-bond donors (Lipinski definition) is 0. The molecule has 0 saturated heterocycles. The van der Waals surface area contributed by atoms with E-state index in [2.05, 4.69) is 173 Å².